The summed E-state index contributed by atoms with van der Waals surface area (Å²) in [5.74, 6) is 0.149. The van der Waals surface area contributed by atoms with E-state index in [4.69, 9.17) is 0 Å². The molecule has 1 fully saturated rings. The van der Waals surface area contributed by atoms with Crippen LogP contribution in [0.3, 0.4) is 0 Å². The van der Waals surface area contributed by atoms with E-state index in [0.29, 0.717) is 12.1 Å². The van der Waals surface area contributed by atoms with Crippen LogP contribution in [0.4, 0.5) is 0 Å². The molecule has 0 saturated carbocycles. The van der Waals surface area contributed by atoms with Gasteiger partial charge in [0, 0.05) is 25.2 Å². The quantitative estimate of drug-likeness (QED) is 0.800. The van der Waals surface area contributed by atoms with Gasteiger partial charge in [0.1, 0.15) is 0 Å². The predicted molar refractivity (Wildman–Crippen MR) is 94.5 cm³/mol. The van der Waals surface area contributed by atoms with Crippen LogP contribution in [0.1, 0.15) is 40.2 Å². The lowest BCUT2D eigenvalue weighted by Gasteiger charge is -2.20. The van der Waals surface area contributed by atoms with Gasteiger partial charge in [0.2, 0.25) is 0 Å². The fraction of sp³-hybridized carbons (Fsp3) is 0.389. The molecule has 1 aliphatic heterocycles. The first-order valence-electron chi connectivity index (χ1n) is 7.94. The molecule has 23 heavy (non-hydrogen) atoms. The molecule has 1 aromatic heterocycles. The van der Waals surface area contributed by atoms with Crippen molar-refractivity contribution in [3.05, 3.63) is 57.8 Å². The maximum atomic E-state index is 11.4. The van der Waals surface area contributed by atoms with Crippen LogP contribution in [0.15, 0.2) is 41.8 Å². The van der Waals surface area contributed by atoms with E-state index >= 15 is 0 Å². The molecule has 2 unspecified atom stereocenters. The molecular formula is C18H23N3OS. The van der Waals surface area contributed by atoms with Crippen molar-refractivity contribution in [2.24, 2.45) is 0 Å². The predicted octanol–water partition coefficient (Wildman–Crippen LogP) is 2.99. The Labute approximate surface area is 141 Å². The summed E-state index contributed by atoms with van der Waals surface area (Å²) in [5.41, 5.74) is 9.34. The number of hydrogen-bond acceptors (Lipinski definition) is 5. The van der Waals surface area contributed by atoms with E-state index in [0.717, 1.165) is 24.4 Å². The van der Waals surface area contributed by atoms with Crippen LogP contribution in [0, 0.1) is 0 Å². The van der Waals surface area contributed by atoms with E-state index in [1.807, 2.05) is 12.1 Å². The van der Waals surface area contributed by atoms with Crippen LogP contribution < -0.4 is 10.9 Å². The molecular weight excluding hydrogens is 306 g/mol. The topological polar surface area (TPSA) is 44.4 Å². The second-order valence-corrected chi connectivity index (χ2v) is 7.17. The number of carbonyl (C=O) groups is 1. The number of benzene rings is 1. The largest absolute Gasteiger partial charge is 0.300 e. The standard InChI is InChI=1S/C18H23N3OS/c1-13(22)18-8-14(12-23-18)10-21(2)11-16-9-17(20-19-16)15-6-4-3-5-7-15/h3-8,12,16-17,19-20H,9-11H2,1-2H3. The van der Waals surface area contributed by atoms with Gasteiger partial charge in [0.15, 0.2) is 5.78 Å². The number of ketones is 1. The number of thiophene rings is 1. The molecule has 2 atom stereocenters. The van der Waals surface area contributed by atoms with Crippen molar-refractivity contribution in [2.45, 2.75) is 32.0 Å². The summed E-state index contributed by atoms with van der Waals surface area (Å²) in [7, 11) is 2.13. The minimum absolute atomic E-state index is 0.149. The highest BCUT2D eigenvalue weighted by molar-refractivity contribution is 7.12. The Morgan fingerprint density at radius 1 is 1.30 bits per heavy atom. The number of rotatable bonds is 6. The minimum atomic E-state index is 0.149. The van der Waals surface area contributed by atoms with Crippen LogP contribution in [0.5, 0.6) is 0 Å². The Morgan fingerprint density at radius 2 is 2.09 bits per heavy atom. The zero-order chi connectivity index (χ0) is 16.2. The van der Waals surface area contributed by atoms with Gasteiger partial charge in [0.05, 0.1) is 4.88 Å². The van der Waals surface area contributed by atoms with Crippen molar-refractivity contribution in [2.75, 3.05) is 13.6 Å². The van der Waals surface area contributed by atoms with Gasteiger partial charge in [-0.05, 0) is 43.0 Å². The lowest BCUT2D eigenvalue weighted by atomic mass is 10.0. The van der Waals surface area contributed by atoms with Gasteiger partial charge >= 0.3 is 0 Å². The number of Topliss-reactive ketones (excluding diaryl/α,β-unsaturated/α-hetero) is 1. The van der Waals surface area contributed by atoms with Crippen LogP contribution in [-0.2, 0) is 6.54 Å². The third-order valence-corrected chi connectivity index (χ3v) is 5.25. The average Bonchev–Trinajstić information content (AvgIpc) is 3.18. The molecule has 2 aromatic rings. The first kappa shape index (κ1) is 16.3. The van der Waals surface area contributed by atoms with Crippen LogP contribution in [-0.4, -0.2) is 30.3 Å². The normalized spacial score (nSPS) is 21.0. The Hall–Kier alpha value is -1.53. The molecule has 0 spiro atoms. The lowest BCUT2D eigenvalue weighted by Crippen LogP contribution is -2.38. The summed E-state index contributed by atoms with van der Waals surface area (Å²) < 4.78 is 0. The number of nitrogens with zero attached hydrogens (tertiary/aromatic N) is 1. The first-order chi connectivity index (χ1) is 11.1. The van der Waals surface area contributed by atoms with E-state index in [1.165, 1.54) is 22.5 Å². The van der Waals surface area contributed by atoms with Crippen molar-refractivity contribution in [3.63, 3.8) is 0 Å². The molecule has 0 bridgehead atoms. The maximum Gasteiger partial charge on any atom is 0.169 e. The van der Waals surface area contributed by atoms with Gasteiger partial charge in [-0.1, -0.05) is 30.3 Å². The van der Waals surface area contributed by atoms with Gasteiger partial charge in [0.25, 0.3) is 0 Å². The Bertz CT molecular complexity index is 655. The smallest absolute Gasteiger partial charge is 0.169 e. The van der Waals surface area contributed by atoms with Gasteiger partial charge in [-0.15, -0.1) is 11.3 Å². The van der Waals surface area contributed by atoms with E-state index in [2.05, 4.69) is 52.4 Å². The fourth-order valence-corrected chi connectivity index (χ4v) is 3.85. The van der Waals surface area contributed by atoms with Crippen LogP contribution >= 0.6 is 11.3 Å². The van der Waals surface area contributed by atoms with Crippen molar-refractivity contribution < 1.29 is 4.79 Å². The molecule has 0 aliphatic carbocycles. The maximum absolute atomic E-state index is 11.4. The SMILES string of the molecule is CC(=O)c1cc(CN(C)CC2CC(c3ccccc3)NN2)cs1. The summed E-state index contributed by atoms with van der Waals surface area (Å²) in [4.78, 5) is 14.5. The third kappa shape index (κ3) is 4.26. The van der Waals surface area contributed by atoms with E-state index in [1.54, 1.807) is 6.92 Å². The Morgan fingerprint density at radius 3 is 2.78 bits per heavy atom. The summed E-state index contributed by atoms with van der Waals surface area (Å²) in [6.07, 6.45) is 1.08. The zero-order valence-corrected chi connectivity index (χ0v) is 14.4. The molecule has 3 rings (SSSR count). The van der Waals surface area contributed by atoms with Crippen LogP contribution in [0.25, 0.3) is 0 Å². The van der Waals surface area contributed by atoms with Gasteiger partial charge < -0.3 is 4.90 Å². The van der Waals surface area contributed by atoms with E-state index in [9.17, 15) is 4.79 Å². The number of hydrazine groups is 1. The average molecular weight is 329 g/mol. The Balaban J connectivity index is 1.50. The zero-order valence-electron chi connectivity index (χ0n) is 13.6. The monoisotopic (exact) mass is 329 g/mol. The van der Waals surface area contributed by atoms with E-state index in [-0.39, 0.29) is 5.78 Å². The molecule has 0 amide bonds. The van der Waals surface area contributed by atoms with Crippen molar-refractivity contribution in [3.8, 4) is 0 Å². The summed E-state index contributed by atoms with van der Waals surface area (Å²) in [5, 5.41) is 2.08. The molecule has 2 N–H and O–H groups in total. The van der Waals surface area contributed by atoms with Crippen molar-refractivity contribution in [1.82, 2.24) is 15.8 Å². The summed E-state index contributed by atoms with van der Waals surface area (Å²) >= 11 is 1.54. The molecule has 1 aliphatic rings. The van der Waals surface area contributed by atoms with Crippen LogP contribution in [0.2, 0.25) is 0 Å². The minimum Gasteiger partial charge on any atom is -0.300 e. The fourth-order valence-electron chi connectivity index (χ4n) is 3.04. The first-order valence-corrected chi connectivity index (χ1v) is 8.82. The molecule has 5 heteroatoms. The number of carbonyl (C=O) groups excluding carboxylic acids is 1. The van der Waals surface area contributed by atoms with Gasteiger partial charge in [-0.2, -0.15) is 0 Å². The molecule has 122 valence electrons. The van der Waals surface area contributed by atoms with Gasteiger partial charge in [-0.3, -0.25) is 10.2 Å². The molecule has 1 aromatic carbocycles. The van der Waals surface area contributed by atoms with Crippen molar-refractivity contribution >= 4 is 17.1 Å². The van der Waals surface area contributed by atoms with E-state index < -0.39 is 0 Å². The second kappa shape index (κ2) is 7.36. The molecule has 0 radical (unpaired) electrons. The number of likely N-dealkylation sites (N-methyl/N-ethyl adjacent to an activating group) is 1. The highest BCUT2D eigenvalue weighted by Gasteiger charge is 2.25. The molecule has 1 saturated heterocycles. The molecule has 4 nitrogen and oxygen atoms in total. The number of hydrogen-bond donors (Lipinski definition) is 2. The number of nitrogens with one attached hydrogen (secondary N) is 2. The second-order valence-electron chi connectivity index (χ2n) is 6.26. The van der Waals surface area contributed by atoms with Crippen molar-refractivity contribution in [1.29, 1.82) is 0 Å². The lowest BCUT2D eigenvalue weighted by molar-refractivity contribution is 0.102. The van der Waals surface area contributed by atoms with Gasteiger partial charge in [-0.25, -0.2) is 5.43 Å². The molecule has 2 heterocycles. The third-order valence-electron chi connectivity index (χ3n) is 4.17. The highest BCUT2D eigenvalue weighted by Crippen LogP contribution is 2.23. The summed E-state index contributed by atoms with van der Waals surface area (Å²) in [6.45, 7) is 3.47. The Kier molecular flexibility index (Phi) is 5.23. The summed E-state index contributed by atoms with van der Waals surface area (Å²) in [6, 6.07) is 13.4. The highest BCUT2D eigenvalue weighted by atomic mass is 32.1.